The molecule has 1 saturated heterocycles. The quantitative estimate of drug-likeness (QED) is 0.133. The highest BCUT2D eigenvalue weighted by molar-refractivity contribution is 6.35. The van der Waals surface area contributed by atoms with Gasteiger partial charge >= 0.3 is 0 Å². The van der Waals surface area contributed by atoms with Crippen LogP contribution < -0.4 is 16.8 Å². The van der Waals surface area contributed by atoms with Crippen molar-refractivity contribution in [2.75, 3.05) is 45.8 Å². The van der Waals surface area contributed by atoms with E-state index in [1.54, 1.807) is 6.07 Å². The molecule has 8 heteroatoms. The van der Waals surface area contributed by atoms with Crippen LogP contribution in [0.15, 0.2) is 60.7 Å². The molecule has 3 aromatic carbocycles. The van der Waals surface area contributed by atoms with E-state index in [-0.39, 0.29) is 17.9 Å². The molecule has 0 saturated carbocycles. The fourth-order valence-corrected chi connectivity index (χ4v) is 6.85. The Labute approximate surface area is 268 Å². The van der Waals surface area contributed by atoms with Crippen LogP contribution in [0.3, 0.4) is 0 Å². The van der Waals surface area contributed by atoms with Gasteiger partial charge in [0.1, 0.15) is 0 Å². The molecule has 0 amide bonds. The van der Waals surface area contributed by atoms with E-state index in [4.69, 9.17) is 34.7 Å². The second-order valence-corrected chi connectivity index (χ2v) is 13.4. The molecule has 0 aliphatic carbocycles. The molecule has 0 spiro atoms. The summed E-state index contributed by atoms with van der Waals surface area (Å²) in [4.78, 5) is 18.7. The van der Waals surface area contributed by atoms with Crippen LogP contribution in [-0.2, 0) is 6.42 Å². The highest BCUT2D eigenvalue weighted by atomic mass is 35.5. The van der Waals surface area contributed by atoms with Gasteiger partial charge in [-0.05, 0) is 72.7 Å². The predicted molar refractivity (Wildman–Crippen MR) is 182 cm³/mol. The molecule has 0 aromatic heterocycles. The second kappa shape index (κ2) is 16.9. The summed E-state index contributed by atoms with van der Waals surface area (Å²) >= 11 is 12.6. The number of ketones is 1. The van der Waals surface area contributed by atoms with E-state index >= 15 is 0 Å². The third-order valence-electron chi connectivity index (χ3n) is 8.51. The maximum Gasteiger partial charge on any atom is 0.176 e. The summed E-state index contributed by atoms with van der Waals surface area (Å²) in [6.07, 6.45) is 5.00. The Morgan fingerprint density at radius 1 is 0.953 bits per heavy atom. The molecule has 43 heavy (non-hydrogen) atoms. The minimum absolute atomic E-state index is 0.0575. The number of nitrogens with one attached hydrogen (secondary N) is 1. The predicted octanol–water partition coefficient (Wildman–Crippen LogP) is 6.02. The minimum Gasteiger partial charge on any atom is -0.329 e. The number of benzene rings is 3. The first-order valence-electron chi connectivity index (χ1n) is 15.8. The number of hydrogen-bond donors (Lipinski definition) is 3. The molecule has 3 atom stereocenters. The number of Topliss-reactive ketones (excluding diaryl/α,β-unsaturated/α-hetero) is 1. The van der Waals surface area contributed by atoms with Crippen molar-refractivity contribution < 1.29 is 4.79 Å². The van der Waals surface area contributed by atoms with Gasteiger partial charge in [0, 0.05) is 66.5 Å². The molecule has 0 unspecified atom stereocenters. The number of nitrogens with zero attached hydrogens (tertiary/aromatic N) is 2. The smallest absolute Gasteiger partial charge is 0.176 e. The van der Waals surface area contributed by atoms with Gasteiger partial charge in [0.25, 0.3) is 0 Å². The van der Waals surface area contributed by atoms with Gasteiger partial charge in [-0.2, -0.15) is 0 Å². The van der Waals surface area contributed by atoms with Crippen molar-refractivity contribution >= 4 is 39.8 Å². The third-order valence-corrected chi connectivity index (χ3v) is 9.10. The fourth-order valence-electron chi connectivity index (χ4n) is 6.36. The lowest BCUT2D eigenvalue weighted by atomic mass is 9.93. The van der Waals surface area contributed by atoms with Crippen LogP contribution in [0, 0.1) is 5.92 Å². The van der Waals surface area contributed by atoms with Gasteiger partial charge in [-0.3, -0.25) is 14.6 Å². The molecule has 1 heterocycles. The Morgan fingerprint density at radius 3 is 2.47 bits per heavy atom. The zero-order valence-corrected chi connectivity index (χ0v) is 27.3. The van der Waals surface area contributed by atoms with Gasteiger partial charge < -0.3 is 16.8 Å². The van der Waals surface area contributed by atoms with Gasteiger partial charge in [0.05, 0.1) is 6.54 Å². The first kappa shape index (κ1) is 33.9. The molecule has 5 N–H and O–H groups in total. The minimum atomic E-state index is -0.0575. The molecule has 3 aromatic rings. The Kier molecular flexibility index (Phi) is 13.3. The summed E-state index contributed by atoms with van der Waals surface area (Å²) in [6, 6.07) is 20.5. The van der Waals surface area contributed by atoms with Gasteiger partial charge in [0.15, 0.2) is 5.78 Å². The monoisotopic (exact) mass is 625 g/mol. The van der Waals surface area contributed by atoms with Crippen molar-refractivity contribution in [3.63, 3.8) is 0 Å². The van der Waals surface area contributed by atoms with Gasteiger partial charge in [-0.25, -0.2) is 0 Å². The second-order valence-electron chi connectivity index (χ2n) is 12.5. The van der Waals surface area contributed by atoms with Crippen LogP contribution in [0.4, 0.5) is 0 Å². The lowest BCUT2D eigenvalue weighted by Gasteiger charge is -2.47. The van der Waals surface area contributed by atoms with Crippen molar-refractivity contribution in [2.24, 2.45) is 17.4 Å². The lowest BCUT2D eigenvalue weighted by Crippen LogP contribution is -2.61. The summed E-state index contributed by atoms with van der Waals surface area (Å²) in [6.45, 7) is 10.00. The molecule has 0 radical (unpaired) electrons. The van der Waals surface area contributed by atoms with Crippen molar-refractivity contribution in [1.29, 1.82) is 0 Å². The first-order valence-corrected chi connectivity index (χ1v) is 16.6. The average Bonchev–Trinajstić information content (AvgIpc) is 2.97. The first-order chi connectivity index (χ1) is 20.7. The molecule has 1 aliphatic rings. The zero-order chi connectivity index (χ0) is 30.8. The number of unbranched alkanes of at least 4 members (excludes halogenated alkanes) is 1. The van der Waals surface area contributed by atoms with Crippen LogP contribution in [0.1, 0.15) is 55.5 Å². The molecule has 1 fully saturated rings. The number of fused-ring (bicyclic) bond motifs is 1. The summed E-state index contributed by atoms with van der Waals surface area (Å²) in [7, 11) is 0. The topological polar surface area (TPSA) is 87.6 Å². The summed E-state index contributed by atoms with van der Waals surface area (Å²) < 4.78 is 0. The summed E-state index contributed by atoms with van der Waals surface area (Å²) in [5.74, 6) is 0.712. The van der Waals surface area contributed by atoms with E-state index < -0.39 is 0 Å². The average molecular weight is 627 g/mol. The zero-order valence-electron chi connectivity index (χ0n) is 25.8. The maximum atomic E-state index is 13.7. The van der Waals surface area contributed by atoms with Crippen LogP contribution in [0.5, 0.6) is 0 Å². The van der Waals surface area contributed by atoms with Crippen molar-refractivity contribution in [3.05, 3.63) is 81.8 Å². The summed E-state index contributed by atoms with van der Waals surface area (Å²) in [5.41, 5.74) is 14.2. The molecule has 6 nitrogen and oxygen atoms in total. The van der Waals surface area contributed by atoms with Crippen molar-refractivity contribution in [2.45, 2.75) is 64.1 Å². The molecule has 0 bridgehead atoms. The van der Waals surface area contributed by atoms with E-state index in [1.165, 1.54) is 0 Å². The Hall–Kier alpha value is -2.03. The van der Waals surface area contributed by atoms with E-state index in [1.807, 2.05) is 36.4 Å². The number of piperazine rings is 1. The normalized spacial score (nSPS) is 18.9. The largest absolute Gasteiger partial charge is 0.329 e. The number of carbonyl (C=O) groups is 1. The van der Waals surface area contributed by atoms with E-state index in [0.717, 1.165) is 80.3 Å². The summed E-state index contributed by atoms with van der Waals surface area (Å²) in [5, 5.41) is 6.97. The van der Waals surface area contributed by atoms with Crippen LogP contribution >= 0.6 is 23.2 Å². The number of carbonyl (C=O) groups excluding carboxylic acids is 1. The third kappa shape index (κ3) is 10.3. The number of hydrogen-bond acceptors (Lipinski definition) is 6. The van der Waals surface area contributed by atoms with Crippen LogP contribution in [0.25, 0.3) is 10.8 Å². The molecule has 4 rings (SSSR count). The Bertz CT molecular complexity index is 1320. The van der Waals surface area contributed by atoms with Crippen molar-refractivity contribution in [1.82, 2.24) is 15.1 Å². The highest BCUT2D eigenvalue weighted by Crippen LogP contribution is 2.26. The maximum absolute atomic E-state index is 13.7. The molecule has 234 valence electrons. The van der Waals surface area contributed by atoms with Crippen LogP contribution in [0.2, 0.25) is 10.0 Å². The van der Waals surface area contributed by atoms with E-state index in [2.05, 4.69) is 47.2 Å². The lowest BCUT2D eigenvalue weighted by molar-refractivity contribution is 0.0139. The van der Waals surface area contributed by atoms with Crippen molar-refractivity contribution in [3.8, 4) is 0 Å². The van der Waals surface area contributed by atoms with E-state index in [9.17, 15) is 4.79 Å². The number of rotatable bonds is 16. The number of halogens is 2. The Morgan fingerprint density at radius 2 is 1.72 bits per heavy atom. The highest BCUT2D eigenvalue weighted by Gasteiger charge is 2.35. The van der Waals surface area contributed by atoms with Gasteiger partial charge in [-0.1, -0.05) is 85.9 Å². The number of nitrogens with two attached hydrogens (primary N) is 2. The van der Waals surface area contributed by atoms with Gasteiger partial charge in [-0.15, -0.1) is 0 Å². The fraction of sp³-hybridized carbons (Fsp3) is 0.514. The van der Waals surface area contributed by atoms with Gasteiger partial charge in [0.2, 0.25) is 0 Å². The van der Waals surface area contributed by atoms with E-state index in [0.29, 0.717) is 41.5 Å². The van der Waals surface area contributed by atoms with Crippen LogP contribution in [-0.4, -0.2) is 79.5 Å². The molecular formula is C35H49Cl2N5O. The SMILES string of the molecule is CC(C)C[C@@H]1CN(C[C@H](N)Cc2ccc(Cl)cc2Cl)[C@@H](CCCCNCCN)CN1CC(=O)c1ccc2ccccc2c1. The molecule has 1 aliphatic heterocycles. The standard InChI is InChI=1S/C35H49Cl2N5O/c1-25(2)17-33-23-41(21-31(39)19-28-12-13-30(36)20-34(28)37)32(9-5-6-15-40-16-14-38)22-42(33)24-35(43)29-11-10-26-7-3-4-8-27(26)18-29/h3-4,7-8,10-13,18,20,25,31-33,40H,5-6,9,14-17,19,21-24,38-39H2,1-2H3/t31-,32+,33-/m1/s1. The Balaban J connectivity index is 1.48. The molecular weight excluding hydrogens is 577 g/mol.